The van der Waals surface area contributed by atoms with Crippen LogP contribution in [0.1, 0.15) is 40.0 Å². The van der Waals surface area contributed by atoms with E-state index < -0.39 is 35.0 Å². The molecule has 0 aliphatic carbocycles. The van der Waals surface area contributed by atoms with Crippen molar-refractivity contribution in [1.82, 2.24) is 18.9 Å². The molecule has 4 aromatic rings. The van der Waals surface area contributed by atoms with E-state index in [0.29, 0.717) is 33.7 Å². The lowest BCUT2D eigenvalue weighted by molar-refractivity contribution is -0.255. The zero-order valence-electron chi connectivity index (χ0n) is 19.0. The zero-order valence-corrected chi connectivity index (χ0v) is 19.0. The van der Waals surface area contributed by atoms with E-state index in [1.54, 1.807) is 30.8 Å². The molecule has 0 aliphatic rings. The molecule has 2 aromatic heterocycles. The van der Waals surface area contributed by atoms with Gasteiger partial charge in [0.25, 0.3) is 5.56 Å². The summed E-state index contributed by atoms with van der Waals surface area (Å²) in [6.45, 7) is 3.23. The van der Waals surface area contributed by atoms with Gasteiger partial charge in [0.2, 0.25) is 0 Å². The molecule has 0 radical (unpaired) electrons. The van der Waals surface area contributed by atoms with Gasteiger partial charge in [0.15, 0.2) is 6.04 Å². The summed E-state index contributed by atoms with van der Waals surface area (Å²) in [5.74, 6) is -2.00. The lowest BCUT2D eigenvalue weighted by Gasteiger charge is -2.26. The van der Waals surface area contributed by atoms with Crippen LogP contribution >= 0.6 is 0 Å². The quantitative estimate of drug-likeness (QED) is 0.432. The number of carboxylic acid groups (broad SMARTS) is 1. The van der Waals surface area contributed by atoms with Crippen molar-refractivity contribution >= 4 is 16.9 Å². The van der Waals surface area contributed by atoms with Crippen LogP contribution in [0.4, 0.5) is 13.2 Å². The van der Waals surface area contributed by atoms with Gasteiger partial charge in [0.1, 0.15) is 0 Å². The summed E-state index contributed by atoms with van der Waals surface area (Å²) in [7, 11) is 1.68. The predicted octanol–water partition coefficient (Wildman–Crippen LogP) is 2.27. The summed E-state index contributed by atoms with van der Waals surface area (Å²) < 4.78 is 45.6. The van der Waals surface area contributed by atoms with Gasteiger partial charge in [-0.3, -0.25) is 14.0 Å². The van der Waals surface area contributed by atoms with Gasteiger partial charge in [0, 0.05) is 18.6 Å². The van der Waals surface area contributed by atoms with Crippen molar-refractivity contribution in [2.45, 2.75) is 32.5 Å². The van der Waals surface area contributed by atoms with Crippen LogP contribution in [0.5, 0.6) is 0 Å². The molecular weight excluding hydrogens is 465 g/mol. The first kappa shape index (κ1) is 24.0. The van der Waals surface area contributed by atoms with Crippen molar-refractivity contribution < 1.29 is 23.1 Å². The Morgan fingerprint density at radius 3 is 2.51 bits per heavy atom. The van der Waals surface area contributed by atoms with Gasteiger partial charge in [-0.15, -0.1) is 0 Å². The number of aromatic nitrogens is 4. The summed E-state index contributed by atoms with van der Waals surface area (Å²) in [5.41, 5.74) is -2.74. The minimum atomic E-state index is -5.09. The van der Waals surface area contributed by atoms with Crippen molar-refractivity contribution in [1.29, 1.82) is 0 Å². The van der Waals surface area contributed by atoms with Crippen molar-refractivity contribution in [3.05, 3.63) is 91.9 Å². The van der Waals surface area contributed by atoms with E-state index in [1.165, 1.54) is 37.4 Å². The maximum absolute atomic E-state index is 14.5. The maximum Gasteiger partial charge on any atom is 0.413 e. The van der Waals surface area contributed by atoms with Crippen LogP contribution in [0.15, 0.2) is 58.4 Å². The third-order valence-electron chi connectivity index (χ3n) is 6.08. The summed E-state index contributed by atoms with van der Waals surface area (Å²) in [4.78, 5) is 38.1. The molecule has 2 aromatic carbocycles. The van der Waals surface area contributed by atoms with Crippen molar-refractivity contribution in [3.8, 4) is 5.69 Å². The molecule has 0 aliphatic heterocycles. The second-order valence-corrected chi connectivity index (χ2v) is 8.10. The Kier molecular flexibility index (Phi) is 5.87. The summed E-state index contributed by atoms with van der Waals surface area (Å²) in [6, 6.07) is 5.98. The van der Waals surface area contributed by atoms with Crippen LogP contribution in [-0.4, -0.2) is 31.1 Å². The fraction of sp³-hybridized carbons (Fsp3) is 0.250. The monoisotopic (exact) mass is 485 g/mol. The average molecular weight is 485 g/mol. The molecule has 0 spiro atoms. The molecule has 0 N–H and O–H groups in total. The normalized spacial score (nSPS) is 12.7. The van der Waals surface area contributed by atoms with Gasteiger partial charge >= 0.3 is 11.9 Å². The molecule has 0 saturated heterocycles. The summed E-state index contributed by atoms with van der Waals surface area (Å²) >= 11 is 0. The Labute approximate surface area is 196 Å². The molecule has 0 saturated carbocycles. The minimum Gasteiger partial charge on any atom is -0.545 e. The second kappa shape index (κ2) is 8.57. The van der Waals surface area contributed by atoms with E-state index >= 15 is 0 Å². The maximum atomic E-state index is 14.5. The number of benzene rings is 2. The largest absolute Gasteiger partial charge is 0.545 e. The smallest absolute Gasteiger partial charge is 0.413 e. The number of hydrogen-bond acceptors (Lipinski definition) is 5. The number of fused-ring (bicyclic) bond motifs is 1. The number of aromatic carboxylic acids is 1. The number of alkyl halides is 3. The fourth-order valence-corrected chi connectivity index (χ4v) is 4.27. The van der Waals surface area contributed by atoms with Gasteiger partial charge in [-0.05, 0) is 48.2 Å². The number of nitrogens with zero attached hydrogens (tertiary/aromatic N) is 4. The number of rotatable bonds is 5. The molecular formula is C24H20F3N4O4-. The first-order chi connectivity index (χ1) is 16.5. The molecule has 8 nitrogen and oxygen atoms in total. The summed E-state index contributed by atoms with van der Waals surface area (Å²) in [6.07, 6.45) is -2.49. The van der Waals surface area contributed by atoms with Gasteiger partial charge < -0.3 is 9.90 Å². The van der Waals surface area contributed by atoms with E-state index in [4.69, 9.17) is 0 Å². The standard InChI is InChI=1S/C24H21F3N4O4/c1-4-14-6-5-7-17(13(14)2)20(24(25,26)27)31-21(32)18(22(33)34)12-30(23(31)35)16-8-9-19-15(10-16)11-28-29(19)3/h5-12,20H,4H2,1-3H3,(H,33,34)/p-1. The number of carbonyl (C=O) groups excluding carboxylic acids is 1. The highest BCUT2D eigenvalue weighted by molar-refractivity contribution is 5.85. The van der Waals surface area contributed by atoms with Crippen LogP contribution in [0.3, 0.4) is 0 Å². The molecule has 0 fully saturated rings. The average Bonchev–Trinajstić information content (AvgIpc) is 3.16. The van der Waals surface area contributed by atoms with E-state index in [9.17, 15) is 32.7 Å². The molecule has 35 heavy (non-hydrogen) atoms. The number of carbonyl (C=O) groups is 1. The van der Waals surface area contributed by atoms with Crippen LogP contribution in [0.2, 0.25) is 0 Å². The van der Waals surface area contributed by atoms with E-state index in [-0.39, 0.29) is 21.4 Å². The number of aryl methyl sites for hydroxylation is 2. The van der Waals surface area contributed by atoms with Gasteiger partial charge in [-0.2, -0.15) is 18.3 Å². The molecule has 0 amide bonds. The van der Waals surface area contributed by atoms with Crippen molar-refractivity contribution in [3.63, 3.8) is 0 Å². The van der Waals surface area contributed by atoms with Crippen molar-refractivity contribution in [2.75, 3.05) is 0 Å². The Morgan fingerprint density at radius 1 is 1.17 bits per heavy atom. The topological polar surface area (TPSA) is 102 Å². The molecule has 11 heteroatoms. The predicted molar refractivity (Wildman–Crippen MR) is 120 cm³/mol. The molecule has 4 rings (SSSR count). The number of hydrogen-bond donors (Lipinski definition) is 0. The van der Waals surface area contributed by atoms with Crippen LogP contribution in [0.25, 0.3) is 16.6 Å². The zero-order chi connectivity index (χ0) is 25.7. The first-order valence-corrected chi connectivity index (χ1v) is 10.6. The van der Waals surface area contributed by atoms with Crippen LogP contribution in [-0.2, 0) is 13.5 Å². The number of carboxylic acids is 1. The summed E-state index contributed by atoms with van der Waals surface area (Å²) in [5, 5.41) is 16.4. The van der Waals surface area contributed by atoms with Crippen LogP contribution < -0.4 is 16.4 Å². The molecule has 1 atom stereocenters. The Bertz CT molecular complexity index is 1580. The van der Waals surface area contributed by atoms with Crippen molar-refractivity contribution in [2.24, 2.45) is 7.05 Å². The molecule has 0 bridgehead atoms. The highest BCUT2D eigenvalue weighted by atomic mass is 19.4. The first-order valence-electron chi connectivity index (χ1n) is 10.6. The second-order valence-electron chi connectivity index (χ2n) is 8.10. The lowest BCUT2D eigenvalue weighted by atomic mass is 9.95. The third-order valence-corrected chi connectivity index (χ3v) is 6.08. The highest BCUT2D eigenvalue weighted by Crippen LogP contribution is 2.37. The number of halogens is 3. The Hall–Kier alpha value is -4.15. The molecule has 1 unspecified atom stereocenters. The van der Waals surface area contributed by atoms with Crippen LogP contribution in [0, 0.1) is 6.92 Å². The van der Waals surface area contributed by atoms with Gasteiger partial charge in [0.05, 0.1) is 28.9 Å². The van der Waals surface area contributed by atoms with Gasteiger partial charge in [-0.25, -0.2) is 9.36 Å². The van der Waals surface area contributed by atoms with E-state index in [0.717, 1.165) is 0 Å². The Morgan fingerprint density at radius 2 is 1.89 bits per heavy atom. The van der Waals surface area contributed by atoms with E-state index in [2.05, 4.69) is 5.10 Å². The molecule has 2 heterocycles. The SMILES string of the molecule is CCc1cccc(C(n2c(=O)c(C(=O)[O-])cn(-c3ccc4c(cnn4C)c3)c2=O)C(F)(F)F)c1C. The third kappa shape index (κ3) is 4.02. The lowest BCUT2D eigenvalue weighted by Crippen LogP contribution is -2.49. The van der Waals surface area contributed by atoms with Gasteiger partial charge in [-0.1, -0.05) is 25.1 Å². The Balaban J connectivity index is 2.09. The molecule has 182 valence electrons. The van der Waals surface area contributed by atoms with E-state index in [1.807, 2.05) is 0 Å². The highest BCUT2D eigenvalue weighted by Gasteiger charge is 2.45. The minimum absolute atomic E-state index is 0.0552. The fourth-order valence-electron chi connectivity index (χ4n) is 4.27.